The summed E-state index contributed by atoms with van der Waals surface area (Å²) in [6.07, 6.45) is 5.47. The maximum atomic E-state index is 9.06. The molecule has 0 aromatic heterocycles. The zero-order chi connectivity index (χ0) is 10.6. The van der Waals surface area contributed by atoms with E-state index in [4.69, 9.17) is 14.9 Å². The van der Waals surface area contributed by atoms with Crippen LogP contribution in [0.4, 0.5) is 0 Å². The van der Waals surface area contributed by atoms with Crippen LogP contribution in [0.5, 0.6) is 0 Å². The fourth-order valence-corrected chi connectivity index (χ4v) is 0.772. The van der Waals surface area contributed by atoms with Crippen LogP contribution in [0, 0.1) is 0 Å². The Morgan fingerprint density at radius 2 is 2.14 bits per heavy atom. The van der Waals surface area contributed by atoms with Crippen molar-refractivity contribution in [3.63, 3.8) is 0 Å². The molecule has 0 spiro atoms. The molecule has 4 heteroatoms. The Morgan fingerprint density at radius 3 is 2.79 bits per heavy atom. The van der Waals surface area contributed by atoms with Gasteiger partial charge in [-0.15, -0.1) is 0 Å². The van der Waals surface area contributed by atoms with Crippen LogP contribution in [-0.4, -0.2) is 29.7 Å². The summed E-state index contributed by atoms with van der Waals surface area (Å²) in [6, 6.07) is 0. The van der Waals surface area contributed by atoms with Gasteiger partial charge in [0.1, 0.15) is 0 Å². The van der Waals surface area contributed by atoms with Crippen molar-refractivity contribution in [2.24, 2.45) is 0 Å². The van der Waals surface area contributed by atoms with Gasteiger partial charge in [0.25, 0.3) is 0 Å². The van der Waals surface area contributed by atoms with E-state index in [1.165, 1.54) is 12.5 Å². The summed E-state index contributed by atoms with van der Waals surface area (Å²) in [5.41, 5.74) is 0. The molecule has 0 bridgehead atoms. The molecule has 14 heavy (non-hydrogen) atoms. The van der Waals surface area contributed by atoms with Crippen LogP contribution in [0.2, 0.25) is 0 Å². The summed E-state index contributed by atoms with van der Waals surface area (Å²) in [7, 11) is 0. The second-order valence-electron chi connectivity index (χ2n) is 2.67. The monoisotopic (exact) mass is 202 g/mol. The van der Waals surface area contributed by atoms with Crippen LogP contribution in [-0.2, 0) is 9.47 Å². The summed E-state index contributed by atoms with van der Waals surface area (Å²) in [4.78, 5) is 0. The largest absolute Gasteiger partial charge is 0.502 e. The van der Waals surface area contributed by atoms with Gasteiger partial charge >= 0.3 is 0 Å². The van der Waals surface area contributed by atoms with Crippen LogP contribution in [0.25, 0.3) is 0 Å². The van der Waals surface area contributed by atoms with E-state index in [0.29, 0.717) is 13.0 Å². The van der Waals surface area contributed by atoms with E-state index < -0.39 is 6.29 Å². The van der Waals surface area contributed by atoms with Gasteiger partial charge in [0.2, 0.25) is 0 Å². The lowest BCUT2D eigenvalue weighted by molar-refractivity contribution is -0.0474. The van der Waals surface area contributed by atoms with Crippen LogP contribution < -0.4 is 0 Å². The first-order valence-corrected chi connectivity index (χ1v) is 4.63. The van der Waals surface area contributed by atoms with Gasteiger partial charge in [0.15, 0.2) is 6.29 Å². The zero-order valence-electron chi connectivity index (χ0n) is 8.26. The lowest BCUT2D eigenvalue weighted by Gasteiger charge is -2.05. The van der Waals surface area contributed by atoms with E-state index in [1.807, 2.05) is 0 Å². The normalized spacial score (nSPS) is 12.7. The molecule has 0 heterocycles. The first-order valence-electron chi connectivity index (χ1n) is 4.63. The van der Waals surface area contributed by atoms with Crippen molar-refractivity contribution >= 4 is 0 Å². The molecule has 0 aliphatic rings. The second-order valence-corrected chi connectivity index (χ2v) is 2.67. The topological polar surface area (TPSA) is 58.9 Å². The molecule has 0 fully saturated rings. The Balaban J connectivity index is 3.22. The smallest absolute Gasteiger partial charge is 0.200 e. The van der Waals surface area contributed by atoms with Crippen LogP contribution >= 0.6 is 0 Å². The highest BCUT2D eigenvalue weighted by Gasteiger charge is 1.96. The van der Waals surface area contributed by atoms with Crippen molar-refractivity contribution < 1.29 is 19.7 Å². The maximum absolute atomic E-state index is 9.06. The van der Waals surface area contributed by atoms with Crippen molar-refractivity contribution in [1.82, 2.24) is 0 Å². The zero-order valence-corrected chi connectivity index (χ0v) is 8.26. The molecule has 0 radical (unpaired) electrons. The number of hydrogen-bond acceptors (Lipinski definition) is 4. The minimum absolute atomic E-state index is 0.193. The molecule has 82 valence electrons. The van der Waals surface area contributed by atoms with E-state index in [2.05, 4.69) is 11.3 Å². The minimum atomic E-state index is -0.857. The predicted octanol–water partition coefficient (Wildman–Crippen LogP) is 1.16. The lowest BCUT2D eigenvalue weighted by Crippen LogP contribution is -2.05. The van der Waals surface area contributed by atoms with Gasteiger partial charge in [-0.25, -0.2) is 0 Å². The summed E-state index contributed by atoms with van der Waals surface area (Å²) in [5.74, 6) is 0. The highest BCUT2D eigenvalue weighted by Crippen LogP contribution is 1.96. The summed E-state index contributed by atoms with van der Waals surface area (Å²) in [5, 5.41) is 17.5. The van der Waals surface area contributed by atoms with Crippen LogP contribution in [0.1, 0.15) is 19.3 Å². The third kappa shape index (κ3) is 9.09. The SMILES string of the molecule is C=COC(O)CC=COCCCCO. The number of unbranched alkanes of at least 4 members (excludes halogenated alkanes) is 1. The molecule has 0 aliphatic carbocycles. The first kappa shape index (κ1) is 13.0. The molecule has 0 amide bonds. The highest BCUT2D eigenvalue weighted by atomic mass is 16.6. The molecule has 1 atom stereocenters. The number of rotatable bonds is 9. The molecule has 0 rings (SSSR count). The minimum Gasteiger partial charge on any atom is -0.502 e. The quantitative estimate of drug-likeness (QED) is 0.334. The average molecular weight is 202 g/mol. The van der Waals surface area contributed by atoms with E-state index in [-0.39, 0.29) is 6.61 Å². The molecular formula is C10H18O4. The number of aliphatic hydroxyl groups excluding tert-OH is 2. The van der Waals surface area contributed by atoms with E-state index in [9.17, 15) is 0 Å². The van der Waals surface area contributed by atoms with Gasteiger partial charge < -0.3 is 19.7 Å². The highest BCUT2D eigenvalue weighted by molar-refractivity contribution is 4.75. The Labute approximate surface area is 84.5 Å². The van der Waals surface area contributed by atoms with Crippen molar-refractivity contribution in [2.75, 3.05) is 13.2 Å². The van der Waals surface area contributed by atoms with Crippen LogP contribution in [0.15, 0.2) is 25.2 Å². The molecule has 4 nitrogen and oxygen atoms in total. The Bertz CT molecular complexity index is 156. The molecular weight excluding hydrogens is 184 g/mol. The molecule has 1 unspecified atom stereocenters. The molecule has 0 aromatic carbocycles. The third-order valence-corrected chi connectivity index (χ3v) is 1.45. The van der Waals surface area contributed by atoms with Gasteiger partial charge in [0.05, 0.1) is 19.1 Å². The molecule has 0 saturated heterocycles. The number of hydrogen-bond donors (Lipinski definition) is 2. The van der Waals surface area contributed by atoms with Gasteiger partial charge in [-0.05, 0) is 18.9 Å². The number of ether oxygens (including phenoxy) is 2. The summed E-state index contributed by atoms with van der Waals surface area (Å²) < 4.78 is 9.75. The molecule has 0 aromatic rings. The van der Waals surface area contributed by atoms with Crippen LogP contribution in [0.3, 0.4) is 0 Å². The van der Waals surface area contributed by atoms with E-state index in [1.54, 1.807) is 6.08 Å². The van der Waals surface area contributed by atoms with Gasteiger partial charge in [0, 0.05) is 13.0 Å². The summed E-state index contributed by atoms with van der Waals surface area (Å²) >= 11 is 0. The van der Waals surface area contributed by atoms with Crippen molar-refractivity contribution in [1.29, 1.82) is 0 Å². The molecule has 0 saturated carbocycles. The molecule has 2 N–H and O–H groups in total. The van der Waals surface area contributed by atoms with Crippen molar-refractivity contribution in [2.45, 2.75) is 25.6 Å². The fourth-order valence-electron chi connectivity index (χ4n) is 0.772. The summed E-state index contributed by atoms with van der Waals surface area (Å²) in [6.45, 7) is 4.09. The third-order valence-electron chi connectivity index (χ3n) is 1.45. The van der Waals surface area contributed by atoms with Crippen molar-refractivity contribution in [3.05, 3.63) is 25.2 Å². The van der Waals surface area contributed by atoms with Gasteiger partial charge in [-0.2, -0.15) is 0 Å². The standard InChI is InChI=1S/C10H18O4/c1-2-14-10(12)6-5-9-13-8-4-3-7-11/h2,5,9-12H,1,3-4,6-8H2. The van der Waals surface area contributed by atoms with Crippen molar-refractivity contribution in [3.8, 4) is 0 Å². The first-order chi connectivity index (χ1) is 6.81. The Hall–Kier alpha value is -1.00. The van der Waals surface area contributed by atoms with Gasteiger partial charge in [-0.1, -0.05) is 6.58 Å². The lowest BCUT2D eigenvalue weighted by atomic mass is 10.3. The van der Waals surface area contributed by atoms with E-state index >= 15 is 0 Å². The Kier molecular flexibility index (Phi) is 9.36. The fraction of sp³-hybridized carbons (Fsp3) is 0.600. The van der Waals surface area contributed by atoms with E-state index in [0.717, 1.165) is 12.8 Å². The molecule has 0 aliphatic heterocycles. The second kappa shape index (κ2) is 10.1. The average Bonchev–Trinajstić information content (AvgIpc) is 2.17. The number of aliphatic hydroxyl groups is 2. The van der Waals surface area contributed by atoms with Gasteiger partial charge in [-0.3, -0.25) is 0 Å². The Morgan fingerprint density at radius 1 is 1.36 bits per heavy atom. The predicted molar refractivity (Wildman–Crippen MR) is 53.3 cm³/mol. The maximum Gasteiger partial charge on any atom is 0.200 e.